The number of hydrogen-bond donors (Lipinski definition) is 2. The molecule has 2 N–H and O–H groups in total. The molecule has 0 saturated heterocycles. The normalized spacial score (nSPS) is 11.2. The molecule has 1 amide bonds. The molecule has 1 aromatic heterocycles. The maximum Gasteiger partial charge on any atom is 0.416 e. The number of nitrogens with one attached hydrogen (secondary N) is 1. The second-order valence-electron chi connectivity index (χ2n) is 3.91. The topological polar surface area (TPSA) is 92.4 Å². The van der Waals surface area contributed by atoms with Crippen molar-refractivity contribution in [1.82, 2.24) is 5.16 Å². The summed E-state index contributed by atoms with van der Waals surface area (Å²) in [5.41, 5.74) is -1.38. The molecule has 2 aromatic rings. The lowest BCUT2D eigenvalue weighted by atomic mass is 10.2. The Labute approximate surface area is 115 Å². The largest absolute Gasteiger partial charge is 0.475 e. The van der Waals surface area contributed by atoms with Gasteiger partial charge in [0.05, 0.1) is 5.56 Å². The fraction of sp³-hybridized carbons (Fsp3) is 0.0833. The standard InChI is InChI=1S/C12H7F3N2O4/c13-12(14,15)6-2-1-3-7(4-6)16-10(18)8-5-9(11(19)20)21-17-8/h1-5H,(H,16,18)(H,19,20). The van der Waals surface area contributed by atoms with Crippen LogP contribution < -0.4 is 5.32 Å². The van der Waals surface area contributed by atoms with E-state index in [4.69, 9.17) is 5.11 Å². The first-order valence-electron chi connectivity index (χ1n) is 5.46. The molecule has 21 heavy (non-hydrogen) atoms. The number of anilines is 1. The summed E-state index contributed by atoms with van der Waals surface area (Å²) in [6.07, 6.45) is -4.54. The Hall–Kier alpha value is -2.84. The molecule has 0 unspecified atom stereocenters. The van der Waals surface area contributed by atoms with Crippen molar-refractivity contribution in [2.24, 2.45) is 0 Å². The number of carboxylic acids is 1. The fourth-order valence-corrected chi connectivity index (χ4v) is 1.45. The van der Waals surface area contributed by atoms with Gasteiger partial charge in [-0.25, -0.2) is 4.79 Å². The van der Waals surface area contributed by atoms with E-state index in [-0.39, 0.29) is 11.4 Å². The van der Waals surface area contributed by atoms with Crippen molar-refractivity contribution in [2.45, 2.75) is 6.18 Å². The third-order valence-corrected chi connectivity index (χ3v) is 2.40. The number of rotatable bonds is 3. The average Bonchev–Trinajstić information content (AvgIpc) is 2.88. The second kappa shape index (κ2) is 5.27. The van der Waals surface area contributed by atoms with Crippen LogP contribution in [-0.4, -0.2) is 22.1 Å². The summed E-state index contributed by atoms with van der Waals surface area (Å²) in [5.74, 6) is -2.85. The van der Waals surface area contributed by atoms with Gasteiger partial charge < -0.3 is 14.9 Å². The molecule has 0 aliphatic rings. The molecule has 2 rings (SSSR count). The molecule has 0 aliphatic carbocycles. The summed E-state index contributed by atoms with van der Waals surface area (Å²) in [6, 6.07) is 4.85. The molecule has 0 atom stereocenters. The third-order valence-electron chi connectivity index (χ3n) is 2.40. The molecule has 0 radical (unpaired) electrons. The van der Waals surface area contributed by atoms with E-state index in [0.717, 1.165) is 24.3 Å². The quantitative estimate of drug-likeness (QED) is 0.909. The van der Waals surface area contributed by atoms with Crippen molar-refractivity contribution < 1.29 is 32.4 Å². The maximum absolute atomic E-state index is 12.5. The Balaban J connectivity index is 2.17. The van der Waals surface area contributed by atoms with Crippen molar-refractivity contribution in [3.63, 3.8) is 0 Å². The molecular weight excluding hydrogens is 293 g/mol. The van der Waals surface area contributed by atoms with E-state index in [2.05, 4.69) is 15.0 Å². The Morgan fingerprint density at radius 3 is 2.52 bits per heavy atom. The van der Waals surface area contributed by atoms with Crippen LogP contribution in [0.25, 0.3) is 0 Å². The molecule has 0 aliphatic heterocycles. The highest BCUT2D eigenvalue weighted by Gasteiger charge is 2.30. The lowest BCUT2D eigenvalue weighted by Crippen LogP contribution is -2.13. The highest BCUT2D eigenvalue weighted by molar-refractivity contribution is 6.03. The van der Waals surface area contributed by atoms with Crippen LogP contribution in [0.5, 0.6) is 0 Å². The summed E-state index contributed by atoms with van der Waals surface area (Å²) in [4.78, 5) is 22.3. The zero-order valence-electron chi connectivity index (χ0n) is 10.1. The molecular formula is C12H7F3N2O4. The van der Waals surface area contributed by atoms with E-state index in [1.54, 1.807) is 0 Å². The molecule has 0 fully saturated rings. The van der Waals surface area contributed by atoms with Crippen LogP contribution in [0.1, 0.15) is 26.6 Å². The predicted octanol–water partition coefficient (Wildman–Crippen LogP) is 2.64. The van der Waals surface area contributed by atoms with Crippen LogP contribution in [0.3, 0.4) is 0 Å². The zero-order chi connectivity index (χ0) is 15.6. The minimum atomic E-state index is -4.54. The van der Waals surface area contributed by atoms with E-state index in [9.17, 15) is 22.8 Å². The minimum absolute atomic E-state index is 0.102. The summed E-state index contributed by atoms with van der Waals surface area (Å²) >= 11 is 0. The number of carbonyl (C=O) groups is 2. The van der Waals surface area contributed by atoms with Crippen molar-refractivity contribution in [2.75, 3.05) is 5.32 Å². The van der Waals surface area contributed by atoms with Crippen LogP contribution in [0.4, 0.5) is 18.9 Å². The van der Waals surface area contributed by atoms with Gasteiger partial charge in [0.2, 0.25) is 5.76 Å². The number of carboxylic acid groups (broad SMARTS) is 1. The first kappa shape index (κ1) is 14.6. The van der Waals surface area contributed by atoms with Gasteiger partial charge in [-0.2, -0.15) is 13.2 Å². The molecule has 110 valence electrons. The third kappa shape index (κ3) is 3.38. The monoisotopic (exact) mass is 300 g/mol. The molecule has 6 nitrogen and oxygen atoms in total. The minimum Gasteiger partial charge on any atom is -0.475 e. The zero-order valence-corrected chi connectivity index (χ0v) is 10.1. The predicted molar refractivity (Wildman–Crippen MR) is 62.9 cm³/mol. The first-order valence-corrected chi connectivity index (χ1v) is 5.46. The average molecular weight is 300 g/mol. The summed E-state index contributed by atoms with van der Waals surface area (Å²) in [6.45, 7) is 0. The highest BCUT2D eigenvalue weighted by atomic mass is 19.4. The smallest absolute Gasteiger partial charge is 0.416 e. The Morgan fingerprint density at radius 1 is 1.24 bits per heavy atom. The molecule has 0 spiro atoms. The van der Waals surface area contributed by atoms with Gasteiger partial charge in [0.15, 0.2) is 5.69 Å². The van der Waals surface area contributed by atoms with Crippen molar-refractivity contribution in [1.29, 1.82) is 0 Å². The number of benzene rings is 1. The van der Waals surface area contributed by atoms with Crippen LogP contribution in [-0.2, 0) is 6.18 Å². The molecule has 1 heterocycles. The van der Waals surface area contributed by atoms with Crippen LogP contribution in [0, 0.1) is 0 Å². The summed E-state index contributed by atoms with van der Waals surface area (Å²) in [7, 11) is 0. The van der Waals surface area contributed by atoms with Crippen LogP contribution >= 0.6 is 0 Å². The van der Waals surface area contributed by atoms with Gasteiger partial charge in [-0.05, 0) is 18.2 Å². The molecule has 9 heteroatoms. The fourth-order valence-electron chi connectivity index (χ4n) is 1.45. The number of halogens is 3. The summed E-state index contributed by atoms with van der Waals surface area (Å²) < 4.78 is 41.9. The maximum atomic E-state index is 12.5. The number of alkyl halides is 3. The number of aromatic nitrogens is 1. The van der Waals surface area contributed by atoms with E-state index in [1.165, 1.54) is 6.07 Å². The summed E-state index contributed by atoms with van der Waals surface area (Å²) in [5, 5.41) is 14.0. The Morgan fingerprint density at radius 2 is 1.95 bits per heavy atom. The Bertz CT molecular complexity index is 694. The number of amides is 1. The lowest BCUT2D eigenvalue weighted by Gasteiger charge is -2.08. The van der Waals surface area contributed by atoms with E-state index >= 15 is 0 Å². The number of carbonyl (C=O) groups excluding carboxylic acids is 1. The van der Waals surface area contributed by atoms with Crippen molar-refractivity contribution >= 4 is 17.6 Å². The van der Waals surface area contributed by atoms with E-state index in [1.807, 2.05) is 0 Å². The van der Waals surface area contributed by atoms with Gasteiger partial charge in [-0.15, -0.1) is 0 Å². The number of aromatic carboxylic acids is 1. The lowest BCUT2D eigenvalue weighted by molar-refractivity contribution is -0.137. The van der Waals surface area contributed by atoms with Gasteiger partial charge in [-0.1, -0.05) is 11.2 Å². The van der Waals surface area contributed by atoms with Crippen LogP contribution in [0.2, 0.25) is 0 Å². The van der Waals surface area contributed by atoms with Gasteiger partial charge in [0, 0.05) is 11.8 Å². The SMILES string of the molecule is O=C(Nc1cccc(C(F)(F)F)c1)c1cc(C(=O)O)on1. The van der Waals surface area contributed by atoms with Crippen LogP contribution in [0.15, 0.2) is 34.9 Å². The molecule has 0 bridgehead atoms. The first-order chi connectivity index (χ1) is 9.77. The number of hydrogen-bond acceptors (Lipinski definition) is 4. The number of nitrogens with zero attached hydrogens (tertiary/aromatic N) is 1. The van der Waals surface area contributed by atoms with Crippen molar-refractivity contribution in [3.8, 4) is 0 Å². The van der Waals surface area contributed by atoms with Gasteiger partial charge in [0.25, 0.3) is 5.91 Å². The van der Waals surface area contributed by atoms with E-state index < -0.39 is 29.4 Å². The molecule has 0 saturated carbocycles. The van der Waals surface area contributed by atoms with Gasteiger partial charge in [0.1, 0.15) is 0 Å². The van der Waals surface area contributed by atoms with Gasteiger partial charge in [-0.3, -0.25) is 4.79 Å². The highest BCUT2D eigenvalue weighted by Crippen LogP contribution is 2.30. The second-order valence-corrected chi connectivity index (χ2v) is 3.91. The molecule has 1 aromatic carbocycles. The van der Waals surface area contributed by atoms with Crippen molar-refractivity contribution in [3.05, 3.63) is 47.3 Å². The Kier molecular flexibility index (Phi) is 3.66. The van der Waals surface area contributed by atoms with Gasteiger partial charge >= 0.3 is 12.1 Å². The van der Waals surface area contributed by atoms with E-state index in [0.29, 0.717) is 0 Å².